The number of anilines is 1. The predicted octanol–water partition coefficient (Wildman–Crippen LogP) is 1.16. The van der Waals surface area contributed by atoms with E-state index in [4.69, 9.17) is 4.74 Å². The van der Waals surface area contributed by atoms with Gasteiger partial charge < -0.3 is 19.9 Å². The molecule has 1 aliphatic rings. The van der Waals surface area contributed by atoms with Crippen molar-refractivity contribution in [3.05, 3.63) is 23.9 Å². The molecule has 114 valence electrons. The number of carbonyl (C=O) groups excluding carboxylic acids is 1. The van der Waals surface area contributed by atoms with Crippen molar-refractivity contribution < 1.29 is 24.2 Å². The van der Waals surface area contributed by atoms with Gasteiger partial charge in [-0.05, 0) is 25.0 Å². The van der Waals surface area contributed by atoms with Gasteiger partial charge in [-0.2, -0.15) is 0 Å². The number of rotatable bonds is 5. The van der Waals surface area contributed by atoms with Crippen LogP contribution in [0.4, 0.5) is 5.82 Å². The summed E-state index contributed by atoms with van der Waals surface area (Å²) >= 11 is 0. The summed E-state index contributed by atoms with van der Waals surface area (Å²) in [5.74, 6) is -1.05. The lowest BCUT2D eigenvalue weighted by molar-refractivity contribution is -0.153. The highest BCUT2D eigenvalue weighted by molar-refractivity contribution is 5.94. The summed E-state index contributed by atoms with van der Waals surface area (Å²) in [5, 5.41) is 12.5. The molecular weight excluding hydrogens is 276 g/mol. The number of aromatic nitrogens is 1. The van der Waals surface area contributed by atoms with Crippen molar-refractivity contribution >= 4 is 17.8 Å². The third-order valence-electron chi connectivity index (χ3n) is 3.71. The number of esters is 1. The number of hydrogen-bond acceptors (Lipinski definition) is 6. The lowest BCUT2D eigenvalue weighted by Gasteiger charge is -2.33. The van der Waals surface area contributed by atoms with Crippen LogP contribution >= 0.6 is 0 Å². The second-order valence-electron chi connectivity index (χ2n) is 4.94. The van der Waals surface area contributed by atoms with Crippen LogP contribution in [0, 0.1) is 5.41 Å². The summed E-state index contributed by atoms with van der Waals surface area (Å²) in [6.07, 6.45) is 2.39. The van der Waals surface area contributed by atoms with Crippen molar-refractivity contribution in [3.8, 4) is 0 Å². The summed E-state index contributed by atoms with van der Waals surface area (Å²) in [4.78, 5) is 27.3. The molecule has 2 rings (SSSR count). The van der Waals surface area contributed by atoms with Crippen molar-refractivity contribution in [3.63, 3.8) is 0 Å². The molecule has 0 amide bonds. The number of hydrogen-bond donors (Lipinski definition) is 2. The number of nitrogens with one attached hydrogen (secondary N) is 1. The molecule has 0 aromatic carbocycles. The number of pyridine rings is 1. The van der Waals surface area contributed by atoms with Crippen molar-refractivity contribution in [2.45, 2.75) is 12.8 Å². The fourth-order valence-corrected chi connectivity index (χ4v) is 2.30. The van der Waals surface area contributed by atoms with E-state index in [1.807, 2.05) is 0 Å². The smallest absolute Gasteiger partial charge is 0.341 e. The highest BCUT2D eigenvalue weighted by Gasteiger charge is 2.40. The van der Waals surface area contributed by atoms with Crippen LogP contribution in [0.25, 0.3) is 0 Å². The Labute approximate surface area is 122 Å². The second-order valence-corrected chi connectivity index (χ2v) is 4.94. The van der Waals surface area contributed by atoms with Gasteiger partial charge in [0.2, 0.25) is 0 Å². The van der Waals surface area contributed by atoms with Crippen LogP contribution in [0.5, 0.6) is 0 Å². The number of aliphatic carboxylic acids is 1. The lowest BCUT2D eigenvalue weighted by Crippen LogP contribution is -2.43. The zero-order chi connectivity index (χ0) is 15.3. The molecule has 2 heterocycles. The summed E-state index contributed by atoms with van der Waals surface area (Å²) in [7, 11) is 1.29. The normalized spacial score (nSPS) is 17.0. The minimum Gasteiger partial charge on any atom is -0.481 e. The maximum Gasteiger partial charge on any atom is 0.341 e. The summed E-state index contributed by atoms with van der Waals surface area (Å²) in [6, 6.07) is 3.21. The standard InChI is InChI=1S/C14H18N2O5/c1-20-12(17)10-3-2-6-15-11(10)16-9-14(13(18)19)4-7-21-8-5-14/h2-3,6H,4-5,7-9H2,1H3,(H,15,16)(H,18,19). The van der Waals surface area contributed by atoms with Crippen LogP contribution in [-0.4, -0.2) is 48.9 Å². The van der Waals surface area contributed by atoms with Crippen LogP contribution in [0.15, 0.2) is 18.3 Å². The predicted molar refractivity (Wildman–Crippen MR) is 74.2 cm³/mol. The molecule has 1 aromatic rings. The maximum absolute atomic E-state index is 11.7. The van der Waals surface area contributed by atoms with Crippen LogP contribution in [-0.2, 0) is 14.3 Å². The monoisotopic (exact) mass is 294 g/mol. The maximum atomic E-state index is 11.7. The van der Waals surface area contributed by atoms with Crippen molar-refractivity contribution in [1.82, 2.24) is 4.98 Å². The average Bonchev–Trinajstić information content (AvgIpc) is 2.53. The average molecular weight is 294 g/mol. The van der Waals surface area contributed by atoms with E-state index in [0.29, 0.717) is 31.9 Å². The van der Waals surface area contributed by atoms with Gasteiger partial charge in [0.1, 0.15) is 11.4 Å². The SMILES string of the molecule is COC(=O)c1cccnc1NCC1(C(=O)O)CCOCC1. The van der Waals surface area contributed by atoms with E-state index in [1.165, 1.54) is 13.3 Å². The number of carboxylic acid groups (broad SMARTS) is 1. The van der Waals surface area contributed by atoms with Gasteiger partial charge in [-0.3, -0.25) is 4.79 Å². The van der Waals surface area contributed by atoms with Crippen molar-refractivity contribution in [1.29, 1.82) is 0 Å². The Balaban J connectivity index is 2.15. The quantitative estimate of drug-likeness (QED) is 0.786. The third-order valence-corrected chi connectivity index (χ3v) is 3.71. The Morgan fingerprint density at radius 3 is 2.81 bits per heavy atom. The first-order valence-corrected chi connectivity index (χ1v) is 6.67. The van der Waals surface area contributed by atoms with E-state index < -0.39 is 17.4 Å². The first kappa shape index (κ1) is 15.2. The van der Waals surface area contributed by atoms with Crippen LogP contribution < -0.4 is 5.32 Å². The van der Waals surface area contributed by atoms with Crippen LogP contribution in [0.2, 0.25) is 0 Å². The van der Waals surface area contributed by atoms with Gasteiger partial charge in [0.25, 0.3) is 0 Å². The fraction of sp³-hybridized carbons (Fsp3) is 0.500. The largest absolute Gasteiger partial charge is 0.481 e. The first-order chi connectivity index (χ1) is 10.1. The van der Waals surface area contributed by atoms with Gasteiger partial charge in [0.05, 0.1) is 12.5 Å². The molecule has 0 bridgehead atoms. The van der Waals surface area contributed by atoms with E-state index in [-0.39, 0.29) is 12.1 Å². The van der Waals surface area contributed by atoms with Gasteiger partial charge in [-0.15, -0.1) is 0 Å². The van der Waals surface area contributed by atoms with Gasteiger partial charge in [-0.1, -0.05) is 0 Å². The molecule has 0 saturated carbocycles. The van der Waals surface area contributed by atoms with E-state index in [0.717, 1.165) is 0 Å². The van der Waals surface area contributed by atoms with E-state index in [2.05, 4.69) is 15.0 Å². The van der Waals surface area contributed by atoms with Crippen molar-refractivity contribution in [2.24, 2.45) is 5.41 Å². The molecule has 1 saturated heterocycles. The summed E-state index contributed by atoms with van der Waals surface area (Å²) < 4.78 is 9.91. The van der Waals surface area contributed by atoms with E-state index >= 15 is 0 Å². The molecule has 0 spiro atoms. The molecule has 1 aromatic heterocycles. The Hall–Kier alpha value is -2.15. The Morgan fingerprint density at radius 1 is 1.48 bits per heavy atom. The molecule has 1 fully saturated rings. The molecule has 21 heavy (non-hydrogen) atoms. The molecular formula is C14H18N2O5. The topological polar surface area (TPSA) is 97.8 Å². The Morgan fingerprint density at radius 2 is 2.19 bits per heavy atom. The van der Waals surface area contributed by atoms with E-state index in [9.17, 15) is 14.7 Å². The first-order valence-electron chi connectivity index (χ1n) is 6.67. The minimum absolute atomic E-state index is 0.187. The van der Waals surface area contributed by atoms with Gasteiger partial charge in [0.15, 0.2) is 0 Å². The van der Waals surface area contributed by atoms with Crippen LogP contribution in [0.1, 0.15) is 23.2 Å². The molecule has 0 radical (unpaired) electrons. The minimum atomic E-state index is -0.900. The van der Waals surface area contributed by atoms with Gasteiger partial charge in [-0.25, -0.2) is 9.78 Å². The Kier molecular flexibility index (Phi) is 4.74. The lowest BCUT2D eigenvalue weighted by atomic mass is 9.80. The van der Waals surface area contributed by atoms with Crippen molar-refractivity contribution in [2.75, 3.05) is 32.2 Å². The molecule has 7 heteroatoms. The molecule has 0 atom stereocenters. The summed E-state index contributed by atoms with van der Waals surface area (Å²) in [6.45, 7) is 1.02. The van der Waals surface area contributed by atoms with Gasteiger partial charge >= 0.3 is 11.9 Å². The third kappa shape index (κ3) is 3.30. The molecule has 0 aliphatic carbocycles. The number of carboxylic acids is 1. The van der Waals surface area contributed by atoms with E-state index in [1.54, 1.807) is 12.1 Å². The molecule has 7 nitrogen and oxygen atoms in total. The molecule has 1 aliphatic heterocycles. The number of methoxy groups -OCH3 is 1. The summed E-state index contributed by atoms with van der Waals surface area (Å²) in [5.41, 5.74) is -0.615. The number of carbonyl (C=O) groups is 2. The van der Waals surface area contributed by atoms with Crippen LogP contribution in [0.3, 0.4) is 0 Å². The fourth-order valence-electron chi connectivity index (χ4n) is 2.30. The molecule has 2 N–H and O–H groups in total. The highest BCUT2D eigenvalue weighted by atomic mass is 16.5. The number of ether oxygens (including phenoxy) is 2. The zero-order valence-corrected chi connectivity index (χ0v) is 11.8. The second kappa shape index (κ2) is 6.53. The molecule has 0 unspecified atom stereocenters. The highest BCUT2D eigenvalue weighted by Crippen LogP contribution is 2.31. The Bertz CT molecular complexity index is 526. The number of nitrogens with zero attached hydrogens (tertiary/aromatic N) is 1. The van der Waals surface area contributed by atoms with Gasteiger partial charge in [0, 0.05) is 26.0 Å². The zero-order valence-electron chi connectivity index (χ0n) is 11.8.